The molecular formula is C9H15Cl6O6P. The van der Waals surface area contributed by atoms with E-state index in [1.807, 2.05) is 0 Å². The number of hydrogen-bond acceptors (Lipinski definition) is 6. The van der Waals surface area contributed by atoms with Crippen LogP contribution < -0.4 is 0 Å². The van der Waals surface area contributed by atoms with Crippen LogP contribution in [0.15, 0.2) is 0 Å². The maximum Gasteiger partial charge on any atom is 0.478 e. The van der Waals surface area contributed by atoms with Crippen molar-refractivity contribution in [3.05, 3.63) is 0 Å². The molecule has 0 aromatic rings. The molecule has 0 aliphatic rings. The molecule has 0 spiro atoms. The number of rotatable bonds is 13. The topological polar surface area (TPSA) is 74.2 Å². The fourth-order valence-corrected chi connectivity index (χ4v) is 4.62. The number of alkyl halides is 6. The molecule has 0 aromatic heterocycles. The van der Waals surface area contributed by atoms with Gasteiger partial charge in [0.2, 0.25) is 5.79 Å². The lowest BCUT2D eigenvalue weighted by Crippen LogP contribution is -2.39. The summed E-state index contributed by atoms with van der Waals surface area (Å²) in [5.74, 6) is -3.35. The van der Waals surface area contributed by atoms with E-state index in [4.69, 9.17) is 88.4 Å². The van der Waals surface area contributed by atoms with Crippen molar-refractivity contribution in [2.45, 2.75) is 18.0 Å². The minimum absolute atomic E-state index is 0.0959. The average molecular weight is 463 g/mol. The van der Waals surface area contributed by atoms with Crippen LogP contribution in [0.25, 0.3) is 0 Å². The summed E-state index contributed by atoms with van der Waals surface area (Å²) in [7, 11) is -4.36. The van der Waals surface area contributed by atoms with Crippen LogP contribution in [0.4, 0.5) is 0 Å². The van der Waals surface area contributed by atoms with Crippen molar-refractivity contribution in [2.75, 3.05) is 35.3 Å². The first kappa shape index (κ1) is 23.8. The zero-order valence-corrected chi connectivity index (χ0v) is 16.5. The van der Waals surface area contributed by atoms with Crippen LogP contribution in [0.5, 0.6) is 0 Å². The molecule has 0 radical (unpaired) electrons. The molecule has 0 fully saturated rings. The van der Waals surface area contributed by atoms with Gasteiger partial charge in [0.05, 0.1) is 47.5 Å². The van der Waals surface area contributed by atoms with Crippen LogP contribution in [0.3, 0.4) is 0 Å². The van der Waals surface area contributed by atoms with Gasteiger partial charge < -0.3 is 0 Å². The van der Waals surface area contributed by atoms with E-state index in [2.05, 4.69) is 4.89 Å². The molecule has 0 saturated heterocycles. The molecule has 0 aliphatic carbocycles. The van der Waals surface area contributed by atoms with Crippen LogP contribution in [-0.2, 0) is 23.0 Å². The average Bonchev–Trinajstić information content (AvgIpc) is 2.55. The first-order valence-corrected chi connectivity index (χ1v) is 10.4. The van der Waals surface area contributed by atoms with Gasteiger partial charge in [-0.05, 0) is 0 Å². The summed E-state index contributed by atoms with van der Waals surface area (Å²) in [6, 6.07) is 0. The Morgan fingerprint density at radius 3 is 1.45 bits per heavy atom. The molecule has 0 heterocycles. The Morgan fingerprint density at radius 2 is 1.23 bits per heavy atom. The number of phosphoric ester groups is 1. The van der Waals surface area contributed by atoms with Crippen LogP contribution in [0.2, 0.25) is 0 Å². The predicted octanol–water partition coefficient (Wildman–Crippen LogP) is 4.50. The number of halogens is 6. The van der Waals surface area contributed by atoms with Crippen LogP contribution in [0.1, 0.15) is 0 Å². The molecule has 0 bridgehead atoms. The van der Waals surface area contributed by atoms with Gasteiger partial charge in [0.25, 0.3) is 0 Å². The molecule has 0 atom stereocenters. The Bertz CT molecular complexity index is 312. The van der Waals surface area contributed by atoms with E-state index in [0.717, 1.165) is 0 Å². The van der Waals surface area contributed by atoms with Crippen LogP contribution >= 0.6 is 77.4 Å². The Balaban J connectivity index is 5.34. The monoisotopic (exact) mass is 460 g/mol. The number of phosphoric acid groups is 1. The Hall–Kier alpha value is 1.77. The van der Waals surface area contributed by atoms with Crippen LogP contribution in [0, 0.1) is 0 Å². The molecule has 134 valence electrons. The molecule has 0 amide bonds. The van der Waals surface area contributed by atoms with Crippen molar-refractivity contribution in [2.24, 2.45) is 0 Å². The fraction of sp³-hybridized carbons (Fsp3) is 1.00. The fourth-order valence-electron chi connectivity index (χ4n) is 0.982. The largest absolute Gasteiger partial charge is 0.478 e. The summed E-state index contributed by atoms with van der Waals surface area (Å²) in [6.07, 6.45) is -1.75. The van der Waals surface area contributed by atoms with Gasteiger partial charge in [-0.25, -0.2) is 19.2 Å². The zero-order valence-electron chi connectivity index (χ0n) is 11.1. The third-order valence-corrected chi connectivity index (χ3v) is 5.96. The lowest BCUT2D eigenvalue weighted by Gasteiger charge is -2.32. The zero-order chi connectivity index (χ0) is 17.2. The predicted molar refractivity (Wildman–Crippen MR) is 89.2 cm³/mol. The van der Waals surface area contributed by atoms with E-state index in [1.54, 1.807) is 0 Å². The molecular weight excluding hydrogens is 448 g/mol. The third kappa shape index (κ3) is 7.77. The quantitative estimate of drug-likeness (QED) is 0.143. The smallest absolute Gasteiger partial charge is 0.281 e. The lowest BCUT2D eigenvalue weighted by atomic mass is 10.4. The van der Waals surface area contributed by atoms with Gasteiger partial charge in [-0.1, -0.05) is 0 Å². The number of hydrogen-bond donors (Lipinski definition) is 1. The van der Waals surface area contributed by atoms with Gasteiger partial charge >= 0.3 is 7.82 Å². The molecule has 0 unspecified atom stereocenters. The van der Waals surface area contributed by atoms with E-state index in [1.165, 1.54) is 0 Å². The van der Waals surface area contributed by atoms with Gasteiger partial charge in [0, 0.05) is 0 Å². The standard InChI is InChI=1S/C9H15Cl6O6P/c10-1-7(2-11)18-22(17,19-8(3-12)4-13)21-9(5-14,6-15)20-16/h7-8,16H,1-6H2. The van der Waals surface area contributed by atoms with Gasteiger partial charge in [-0.2, -0.15) is 0 Å². The second kappa shape index (κ2) is 12.2. The molecule has 13 heteroatoms. The molecule has 22 heavy (non-hydrogen) atoms. The first-order valence-electron chi connectivity index (χ1n) is 5.74. The maximum absolute atomic E-state index is 12.8. The molecule has 0 rings (SSSR count). The van der Waals surface area contributed by atoms with E-state index in [9.17, 15) is 4.57 Å². The molecule has 0 saturated carbocycles. The van der Waals surface area contributed by atoms with Crippen molar-refractivity contribution >= 4 is 77.4 Å². The summed E-state index contributed by atoms with van der Waals surface area (Å²) in [5.41, 5.74) is 0. The van der Waals surface area contributed by atoms with Crippen molar-refractivity contribution in [3.8, 4) is 0 Å². The normalized spacial score (nSPS) is 13.3. The minimum Gasteiger partial charge on any atom is -0.281 e. The van der Waals surface area contributed by atoms with Crippen LogP contribution in [-0.4, -0.2) is 58.5 Å². The SMILES string of the molecule is O=P(OC(CCl)CCl)(OC(CCl)CCl)OC(CCl)(CCl)OO. The van der Waals surface area contributed by atoms with E-state index in [-0.39, 0.29) is 23.5 Å². The highest BCUT2D eigenvalue weighted by atomic mass is 35.5. The lowest BCUT2D eigenvalue weighted by molar-refractivity contribution is -0.368. The van der Waals surface area contributed by atoms with E-state index >= 15 is 0 Å². The van der Waals surface area contributed by atoms with Gasteiger partial charge in [-0.3, -0.25) is 9.05 Å². The second-order valence-electron chi connectivity index (χ2n) is 3.88. The third-order valence-electron chi connectivity index (χ3n) is 2.10. The van der Waals surface area contributed by atoms with Gasteiger partial charge in [0.1, 0.15) is 0 Å². The summed E-state index contributed by atoms with van der Waals surface area (Å²) >= 11 is 33.7. The summed E-state index contributed by atoms with van der Waals surface area (Å²) in [6.45, 7) is 0. The molecule has 0 aliphatic heterocycles. The summed E-state index contributed by atoms with van der Waals surface area (Å²) in [4.78, 5) is 4.08. The summed E-state index contributed by atoms with van der Waals surface area (Å²) in [5, 5.41) is 8.91. The van der Waals surface area contributed by atoms with E-state index < -0.39 is 37.6 Å². The molecule has 1 N–H and O–H groups in total. The highest BCUT2D eigenvalue weighted by Gasteiger charge is 2.45. The Morgan fingerprint density at radius 1 is 0.864 bits per heavy atom. The highest BCUT2D eigenvalue weighted by molar-refractivity contribution is 7.48. The Kier molecular flexibility index (Phi) is 13.2. The molecule has 0 aromatic carbocycles. The van der Waals surface area contributed by atoms with Crippen molar-refractivity contribution in [3.63, 3.8) is 0 Å². The first-order chi connectivity index (χ1) is 10.4. The van der Waals surface area contributed by atoms with Gasteiger partial charge in [-0.15, -0.1) is 69.6 Å². The highest BCUT2D eigenvalue weighted by Crippen LogP contribution is 2.55. The second-order valence-corrected chi connectivity index (χ2v) is 7.15. The van der Waals surface area contributed by atoms with Crippen molar-refractivity contribution < 1.29 is 28.3 Å². The minimum atomic E-state index is -4.36. The summed E-state index contributed by atoms with van der Waals surface area (Å²) < 4.78 is 28.1. The van der Waals surface area contributed by atoms with Crippen molar-refractivity contribution in [1.29, 1.82) is 0 Å². The Labute approximate surface area is 158 Å². The van der Waals surface area contributed by atoms with Gasteiger partial charge in [0.15, 0.2) is 0 Å². The maximum atomic E-state index is 12.8. The van der Waals surface area contributed by atoms with E-state index in [0.29, 0.717) is 0 Å². The van der Waals surface area contributed by atoms with Crippen molar-refractivity contribution in [1.82, 2.24) is 0 Å². The molecule has 6 nitrogen and oxygen atoms in total.